The van der Waals surface area contributed by atoms with Crippen LogP contribution in [0.2, 0.25) is 0 Å². The van der Waals surface area contributed by atoms with Crippen molar-refractivity contribution < 1.29 is 14.6 Å². The first-order valence-electron chi connectivity index (χ1n) is 11.9. The topological polar surface area (TPSA) is 61.8 Å². The zero-order valence-corrected chi connectivity index (χ0v) is 18.2. The van der Waals surface area contributed by atoms with Gasteiger partial charge in [0.25, 0.3) is 0 Å². The molecule has 0 spiro atoms. The summed E-state index contributed by atoms with van der Waals surface area (Å²) in [5.74, 6) is 3.25. The van der Waals surface area contributed by atoms with Gasteiger partial charge in [0.05, 0.1) is 12.7 Å². The number of ether oxygens (including phenoxy) is 1. The smallest absolute Gasteiger partial charge is 0.317 e. The minimum Gasteiger partial charge on any atom is -0.497 e. The standard InChI is InChI=1S/C25H36N2O3/c1-30-22-6-4-17(5-7-22)2-3-18-8-10-27(11-9-18)24(28)26-23-20-12-19-13-21(23)16-25(29,14-19)15-20/h4-7,18-21,23,29H,2-3,8-16H2,1H3,(H,26,28). The van der Waals surface area contributed by atoms with E-state index in [9.17, 15) is 9.90 Å². The van der Waals surface area contributed by atoms with Crippen LogP contribution in [-0.2, 0) is 6.42 Å². The van der Waals surface area contributed by atoms with Crippen molar-refractivity contribution in [3.05, 3.63) is 29.8 Å². The van der Waals surface area contributed by atoms with E-state index in [1.165, 1.54) is 24.8 Å². The van der Waals surface area contributed by atoms with Gasteiger partial charge < -0.3 is 20.1 Å². The predicted octanol–water partition coefficient (Wildman–Crippen LogP) is 3.99. The van der Waals surface area contributed by atoms with Crippen LogP contribution in [0.15, 0.2) is 24.3 Å². The number of likely N-dealkylation sites (tertiary alicyclic amines) is 1. The third kappa shape index (κ3) is 4.05. The summed E-state index contributed by atoms with van der Waals surface area (Å²) in [4.78, 5) is 15.0. The van der Waals surface area contributed by atoms with Crippen LogP contribution in [-0.4, -0.2) is 47.9 Å². The normalized spacial score (nSPS) is 35.5. The highest BCUT2D eigenvalue weighted by molar-refractivity contribution is 5.74. The number of amides is 2. The summed E-state index contributed by atoms with van der Waals surface area (Å²) in [6, 6.07) is 8.79. The maximum absolute atomic E-state index is 13.0. The fourth-order valence-corrected chi connectivity index (χ4v) is 7.04. The molecule has 6 rings (SSSR count). The van der Waals surface area contributed by atoms with E-state index >= 15 is 0 Å². The van der Waals surface area contributed by atoms with Gasteiger partial charge >= 0.3 is 6.03 Å². The summed E-state index contributed by atoms with van der Waals surface area (Å²) in [5, 5.41) is 14.2. The van der Waals surface area contributed by atoms with Gasteiger partial charge in [-0.1, -0.05) is 12.1 Å². The number of nitrogens with zero attached hydrogens (tertiary/aromatic N) is 1. The highest BCUT2D eigenvalue weighted by Crippen LogP contribution is 2.55. The second-order valence-corrected chi connectivity index (χ2v) is 10.5. The Bertz CT molecular complexity index is 740. The fourth-order valence-electron chi connectivity index (χ4n) is 7.04. The summed E-state index contributed by atoms with van der Waals surface area (Å²) in [6.45, 7) is 1.74. The van der Waals surface area contributed by atoms with Crippen LogP contribution in [0.1, 0.15) is 56.9 Å². The van der Waals surface area contributed by atoms with Gasteiger partial charge in [0.2, 0.25) is 0 Å². The van der Waals surface area contributed by atoms with Crippen LogP contribution in [0.25, 0.3) is 0 Å². The van der Waals surface area contributed by atoms with Crippen molar-refractivity contribution in [3.8, 4) is 5.75 Å². The van der Waals surface area contributed by atoms with Crippen molar-refractivity contribution in [1.29, 1.82) is 0 Å². The molecule has 2 N–H and O–H groups in total. The number of hydrogen-bond donors (Lipinski definition) is 2. The SMILES string of the molecule is COc1ccc(CCC2CCN(C(=O)NC3C4CC5CC3CC(O)(C5)C4)CC2)cc1. The Kier molecular flexibility index (Phi) is 5.42. The molecule has 0 radical (unpaired) electrons. The van der Waals surface area contributed by atoms with Gasteiger partial charge in [0.1, 0.15) is 5.75 Å². The van der Waals surface area contributed by atoms with E-state index in [1.807, 2.05) is 17.0 Å². The molecular formula is C25H36N2O3. The molecule has 4 aliphatic carbocycles. The quantitative estimate of drug-likeness (QED) is 0.769. The van der Waals surface area contributed by atoms with Crippen molar-refractivity contribution in [2.24, 2.45) is 23.7 Å². The van der Waals surface area contributed by atoms with Gasteiger partial charge in [0, 0.05) is 19.1 Å². The summed E-state index contributed by atoms with van der Waals surface area (Å²) < 4.78 is 5.23. The number of nitrogens with one attached hydrogen (secondary N) is 1. The van der Waals surface area contributed by atoms with Crippen LogP contribution in [0.5, 0.6) is 5.75 Å². The lowest BCUT2D eigenvalue weighted by atomic mass is 9.52. The number of piperidine rings is 1. The second-order valence-electron chi connectivity index (χ2n) is 10.5. The first-order chi connectivity index (χ1) is 14.5. The maximum atomic E-state index is 13.0. The third-order valence-electron chi connectivity index (χ3n) is 8.43. The highest BCUT2D eigenvalue weighted by Gasteiger charge is 2.55. The molecular weight excluding hydrogens is 376 g/mol. The van der Waals surface area contributed by atoms with E-state index in [2.05, 4.69) is 17.4 Å². The van der Waals surface area contributed by atoms with Crippen LogP contribution in [0.3, 0.4) is 0 Å². The molecule has 2 amide bonds. The van der Waals surface area contributed by atoms with E-state index in [0.717, 1.165) is 57.4 Å². The number of aryl methyl sites for hydroxylation is 1. The lowest BCUT2D eigenvalue weighted by Gasteiger charge is -2.58. The molecule has 0 aromatic heterocycles. The molecule has 5 heteroatoms. The summed E-state index contributed by atoms with van der Waals surface area (Å²) in [7, 11) is 1.70. The predicted molar refractivity (Wildman–Crippen MR) is 116 cm³/mol. The molecule has 5 nitrogen and oxygen atoms in total. The average Bonchev–Trinajstić information content (AvgIpc) is 2.74. The van der Waals surface area contributed by atoms with Crippen molar-refractivity contribution >= 4 is 6.03 Å². The summed E-state index contributed by atoms with van der Waals surface area (Å²) in [5.41, 5.74) is 0.930. The van der Waals surface area contributed by atoms with Crippen molar-refractivity contribution in [1.82, 2.24) is 10.2 Å². The molecule has 5 fully saturated rings. The Labute approximate surface area is 180 Å². The van der Waals surface area contributed by atoms with Gasteiger partial charge in [-0.2, -0.15) is 0 Å². The van der Waals surface area contributed by atoms with Crippen molar-refractivity contribution in [2.45, 2.75) is 69.4 Å². The first kappa shape index (κ1) is 20.2. The van der Waals surface area contributed by atoms with Crippen molar-refractivity contribution in [2.75, 3.05) is 20.2 Å². The van der Waals surface area contributed by atoms with Gasteiger partial charge in [-0.15, -0.1) is 0 Å². The molecule has 2 atom stereocenters. The number of methoxy groups -OCH3 is 1. The molecule has 1 aromatic carbocycles. The number of rotatable bonds is 5. The molecule has 164 valence electrons. The molecule has 30 heavy (non-hydrogen) atoms. The molecule has 1 aromatic rings. The first-order valence-corrected chi connectivity index (χ1v) is 11.9. The van der Waals surface area contributed by atoms with Crippen LogP contribution >= 0.6 is 0 Å². The van der Waals surface area contributed by atoms with E-state index in [1.54, 1.807) is 7.11 Å². The number of carbonyl (C=O) groups excluding carboxylic acids is 1. The Morgan fingerprint density at radius 3 is 2.40 bits per heavy atom. The number of urea groups is 1. The van der Waals surface area contributed by atoms with E-state index in [0.29, 0.717) is 23.7 Å². The Morgan fingerprint density at radius 2 is 1.80 bits per heavy atom. The van der Waals surface area contributed by atoms with Crippen molar-refractivity contribution in [3.63, 3.8) is 0 Å². The molecule has 2 unspecified atom stereocenters. The zero-order chi connectivity index (χ0) is 20.7. The van der Waals surface area contributed by atoms with E-state index < -0.39 is 5.60 Å². The summed E-state index contributed by atoms with van der Waals surface area (Å²) >= 11 is 0. The zero-order valence-electron chi connectivity index (χ0n) is 18.2. The molecule has 1 saturated heterocycles. The molecule has 1 aliphatic heterocycles. The number of carbonyl (C=O) groups is 1. The van der Waals surface area contributed by atoms with Crippen LogP contribution < -0.4 is 10.1 Å². The minimum atomic E-state index is -0.431. The van der Waals surface area contributed by atoms with Gasteiger partial charge in [-0.05, 0) is 99.2 Å². The Balaban J connectivity index is 1.08. The maximum Gasteiger partial charge on any atom is 0.317 e. The largest absolute Gasteiger partial charge is 0.497 e. The lowest BCUT2D eigenvalue weighted by molar-refractivity contribution is -0.137. The third-order valence-corrected chi connectivity index (χ3v) is 8.43. The minimum absolute atomic E-state index is 0.132. The molecule has 4 saturated carbocycles. The highest BCUT2D eigenvalue weighted by atomic mass is 16.5. The second kappa shape index (κ2) is 8.07. The lowest BCUT2D eigenvalue weighted by Crippen LogP contribution is -2.63. The molecule has 5 aliphatic rings. The Hall–Kier alpha value is -1.75. The number of aliphatic hydroxyl groups is 1. The van der Waals surface area contributed by atoms with Gasteiger partial charge in [-0.3, -0.25) is 0 Å². The van der Waals surface area contributed by atoms with E-state index in [-0.39, 0.29) is 12.1 Å². The molecule has 1 heterocycles. The van der Waals surface area contributed by atoms with Crippen LogP contribution in [0.4, 0.5) is 4.79 Å². The van der Waals surface area contributed by atoms with Gasteiger partial charge in [-0.25, -0.2) is 4.79 Å². The number of hydrogen-bond acceptors (Lipinski definition) is 3. The molecule has 4 bridgehead atoms. The monoisotopic (exact) mass is 412 g/mol. The fraction of sp³-hybridized carbons (Fsp3) is 0.720. The average molecular weight is 413 g/mol. The van der Waals surface area contributed by atoms with E-state index in [4.69, 9.17) is 4.74 Å². The summed E-state index contributed by atoms with van der Waals surface area (Å²) in [6.07, 6.45) is 9.63. The Morgan fingerprint density at radius 1 is 1.13 bits per heavy atom. The van der Waals surface area contributed by atoms with Gasteiger partial charge in [0.15, 0.2) is 0 Å². The van der Waals surface area contributed by atoms with Crippen LogP contribution in [0, 0.1) is 23.7 Å². The number of benzene rings is 1.